The second-order valence-electron chi connectivity index (χ2n) is 5.12. The van der Waals surface area contributed by atoms with E-state index in [9.17, 15) is 13.2 Å². The predicted molar refractivity (Wildman–Crippen MR) is 98.1 cm³/mol. The molecule has 12 heteroatoms. The largest absolute Gasteiger partial charge is 0.379 e. The summed E-state index contributed by atoms with van der Waals surface area (Å²) >= 11 is 17.6. The van der Waals surface area contributed by atoms with Gasteiger partial charge in [-0.25, -0.2) is 13.4 Å². The van der Waals surface area contributed by atoms with Gasteiger partial charge in [-0.2, -0.15) is 4.31 Å². The number of anilines is 1. The van der Waals surface area contributed by atoms with Crippen LogP contribution in [0.2, 0.25) is 0 Å². The molecular formula is C13H12Cl3N3O4S2. The molecule has 3 rings (SSSR count). The van der Waals surface area contributed by atoms with E-state index in [1.54, 1.807) is 6.07 Å². The molecule has 1 aliphatic rings. The van der Waals surface area contributed by atoms with Crippen LogP contribution in [-0.2, 0) is 19.6 Å². The fraction of sp³-hybridized carbons (Fsp3) is 0.385. The number of benzene rings is 1. The van der Waals surface area contributed by atoms with E-state index in [1.807, 2.05) is 0 Å². The fourth-order valence-electron chi connectivity index (χ4n) is 2.22. The number of ether oxygens (including phenoxy) is 1. The molecule has 1 aliphatic heterocycles. The van der Waals surface area contributed by atoms with E-state index in [0.29, 0.717) is 36.5 Å². The lowest BCUT2D eigenvalue weighted by molar-refractivity contribution is -0.115. The minimum Gasteiger partial charge on any atom is -0.379 e. The van der Waals surface area contributed by atoms with Crippen molar-refractivity contribution in [3.05, 3.63) is 18.2 Å². The van der Waals surface area contributed by atoms with Crippen LogP contribution in [-0.4, -0.2) is 53.7 Å². The van der Waals surface area contributed by atoms with Gasteiger partial charge >= 0.3 is 0 Å². The van der Waals surface area contributed by atoms with Gasteiger partial charge in [0.1, 0.15) is 0 Å². The monoisotopic (exact) mass is 443 g/mol. The van der Waals surface area contributed by atoms with Crippen molar-refractivity contribution in [2.75, 3.05) is 31.6 Å². The summed E-state index contributed by atoms with van der Waals surface area (Å²) < 4.78 is 30.4. The molecule has 0 atom stereocenters. The normalized spacial score (nSPS) is 16.9. The number of alkyl halides is 3. The number of hydrogen-bond acceptors (Lipinski definition) is 6. The molecule has 136 valence electrons. The number of thiazole rings is 1. The van der Waals surface area contributed by atoms with Gasteiger partial charge in [-0.15, -0.1) is 0 Å². The highest BCUT2D eigenvalue weighted by Gasteiger charge is 2.31. The number of morpholine rings is 1. The number of carbonyl (C=O) groups excluding carboxylic acids is 1. The highest BCUT2D eigenvalue weighted by Crippen LogP contribution is 2.32. The molecule has 1 fully saturated rings. The maximum Gasteiger partial charge on any atom is 0.278 e. The number of aromatic nitrogens is 1. The van der Waals surface area contributed by atoms with E-state index in [4.69, 9.17) is 39.5 Å². The van der Waals surface area contributed by atoms with Gasteiger partial charge in [-0.05, 0) is 18.2 Å². The molecule has 1 aromatic carbocycles. The summed E-state index contributed by atoms with van der Waals surface area (Å²) in [5.74, 6) is -0.835. The van der Waals surface area contributed by atoms with Crippen LogP contribution in [0.5, 0.6) is 0 Å². The van der Waals surface area contributed by atoms with E-state index in [0.717, 1.165) is 11.3 Å². The minimum atomic E-state index is -3.61. The van der Waals surface area contributed by atoms with Crippen molar-refractivity contribution >= 4 is 77.4 Å². The molecular weight excluding hydrogens is 433 g/mol. The summed E-state index contributed by atoms with van der Waals surface area (Å²) in [5, 5.41) is 2.60. The summed E-state index contributed by atoms with van der Waals surface area (Å²) in [4.78, 5) is 16.0. The number of amides is 1. The van der Waals surface area contributed by atoms with Crippen molar-refractivity contribution in [2.24, 2.45) is 0 Å². The van der Waals surface area contributed by atoms with Crippen molar-refractivity contribution in [3.8, 4) is 0 Å². The molecule has 0 aliphatic carbocycles. The molecule has 1 saturated heterocycles. The first-order chi connectivity index (χ1) is 11.7. The SMILES string of the molecule is O=C(Nc1nc2ccc(S(=O)(=O)N3CCOCC3)cc2s1)C(Cl)(Cl)Cl. The zero-order valence-corrected chi connectivity index (χ0v) is 16.4. The molecule has 2 aromatic rings. The Hall–Kier alpha value is -0.680. The molecule has 7 nitrogen and oxygen atoms in total. The van der Waals surface area contributed by atoms with Crippen LogP contribution >= 0.6 is 46.1 Å². The van der Waals surface area contributed by atoms with Crippen LogP contribution in [0.1, 0.15) is 0 Å². The summed E-state index contributed by atoms with van der Waals surface area (Å²) in [6, 6.07) is 4.57. The number of sulfonamides is 1. The van der Waals surface area contributed by atoms with Crippen molar-refractivity contribution in [1.29, 1.82) is 0 Å². The van der Waals surface area contributed by atoms with Crippen LogP contribution in [0.3, 0.4) is 0 Å². The first-order valence-electron chi connectivity index (χ1n) is 7.04. The summed E-state index contributed by atoms with van der Waals surface area (Å²) in [7, 11) is -3.61. The van der Waals surface area contributed by atoms with Crippen LogP contribution in [0, 0.1) is 0 Å². The third-order valence-electron chi connectivity index (χ3n) is 3.45. The predicted octanol–water partition coefficient (Wildman–Crippen LogP) is 2.63. The zero-order chi connectivity index (χ0) is 18.2. The second-order valence-corrected chi connectivity index (χ2v) is 10.4. The number of nitrogens with zero attached hydrogens (tertiary/aromatic N) is 2. The highest BCUT2D eigenvalue weighted by atomic mass is 35.6. The molecule has 0 radical (unpaired) electrons. The zero-order valence-electron chi connectivity index (χ0n) is 12.5. The second kappa shape index (κ2) is 7.15. The molecule has 0 unspecified atom stereocenters. The molecule has 0 saturated carbocycles. The highest BCUT2D eigenvalue weighted by molar-refractivity contribution is 7.89. The lowest BCUT2D eigenvalue weighted by Crippen LogP contribution is -2.40. The average molecular weight is 445 g/mol. The van der Waals surface area contributed by atoms with E-state index < -0.39 is 19.7 Å². The van der Waals surface area contributed by atoms with Gasteiger partial charge in [-0.1, -0.05) is 46.1 Å². The molecule has 1 N–H and O–H groups in total. The third-order valence-corrected chi connectivity index (χ3v) is 6.79. The van der Waals surface area contributed by atoms with Crippen LogP contribution in [0.4, 0.5) is 5.13 Å². The van der Waals surface area contributed by atoms with Gasteiger partial charge in [0.2, 0.25) is 10.0 Å². The van der Waals surface area contributed by atoms with Crippen LogP contribution < -0.4 is 5.32 Å². The number of halogens is 3. The molecule has 0 spiro atoms. The van der Waals surface area contributed by atoms with Crippen LogP contribution in [0.25, 0.3) is 10.2 Å². The van der Waals surface area contributed by atoms with Crippen molar-refractivity contribution in [3.63, 3.8) is 0 Å². The Bertz CT molecular complexity index is 905. The number of fused-ring (bicyclic) bond motifs is 1. The van der Waals surface area contributed by atoms with E-state index >= 15 is 0 Å². The van der Waals surface area contributed by atoms with Gasteiger partial charge in [-0.3, -0.25) is 10.1 Å². The van der Waals surface area contributed by atoms with Gasteiger partial charge in [0.15, 0.2) is 5.13 Å². The molecule has 1 aromatic heterocycles. The Morgan fingerprint density at radius 1 is 1.28 bits per heavy atom. The van der Waals surface area contributed by atoms with E-state index in [-0.39, 0.29) is 10.0 Å². The van der Waals surface area contributed by atoms with Gasteiger partial charge in [0.25, 0.3) is 9.70 Å². The maximum absolute atomic E-state index is 12.7. The minimum absolute atomic E-state index is 0.157. The molecule has 0 bridgehead atoms. The van der Waals surface area contributed by atoms with Gasteiger partial charge in [0, 0.05) is 13.1 Å². The number of rotatable bonds is 3. The summed E-state index contributed by atoms with van der Waals surface area (Å²) in [5.41, 5.74) is 0.533. The lowest BCUT2D eigenvalue weighted by atomic mass is 10.3. The van der Waals surface area contributed by atoms with Crippen LogP contribution in [0.15, 0.2) is 23.1 Å². The Morgan fingerprint density at radius 2 is 1.96 bits per heavy atom. The number of hydrogen-bond donors (Lipinski definition) is 1. The summed E-state index contributed by atoms with van der Waals surface area (Å²) in [6.45, 7) is 1.37. The topological polar surface area (TPSA) is 88.6 Å². The maximum atomic E-state index is 12.7. The van der Waals surface area contributed by atoms with Gasteiger partial charge < -0.3 is 4.74 Å². The van der Waals surface area contributed by atoms with E-state index in [2.05, 4.69) is 10.3 Å². The Balaban J connectivity index is 1.89. The number of nitrogens with one attached hydrogen (secondary N) is 1. The smallest absolute Gasteiger partial charge is 0.278 e. The van der Waals surface area contributed by atoms with Crippen molar-refractivity contribution < 1.29 is 17.9 Å². The Morgan fingerprint density at radius 3 is 2.60 bits per heavy atom. The lowest BCUT2D eigenvalue weighted by Gasteiger charge is -2.25. The van der Waals surface area contributed by atoms with E-state index in [1.165, 1.54) is 16.4 Å². The molecule has 2 heterocycles. The van der Waals surface area contributed by atoms with Gasteiger partial charge in [0.05, 0.1) is 28.3 Å². The average Bonchev–Trinajstić information content (AvgIpc) is 2.96. The quantitative estimate of drug-likeness (QED) is 0.735. The Kier molecular flexibility index (Phi) is 5.46. The molecule has 25 heavy (non-hydrogen) atoms. The third kappa shape index (κ3) is 4.19. The van der Waals surface area contributed by atoms with Crippen molar-refractivity contribution in [1.82, 2.24) is 9.29 Å². The first kappa shape index (κ1) is 19.1. The van der Waals surface area contributed by atoms with Crippen molar-refractivity contribution in [2.45, 2.75) is 8.69 Å². The standard InChI is InChI=1S/C13H12Cl3N3O4S2/c14-13(15,16)11(20)18-12-17-9-2-1-8(7-10(9)24-12)25(21,22)19-3-5-23-6-4-19/h1-2,7H,3-6H2,(H,17,18,20). The fourth-order valence-corrected chi connectivity index (χ4v) is 4.77. The first-order valence-corrected chi connectivity index (χ1v) is 10.4. The molecule has 1 amide bonds. The number of carbonyl (C=O) groups is 1. The summed E-state index contributed by atoms with van der Waals surface area (Å²) in [6.07, 6.45) is 0. The Labute approximate surface area is 162 Å².